The molecule has 0 aromatic heterocycles. The molecular formula is C26H40N2O5. The van der Waals surface area contributed by atoms with Gasteiger partial charge >= 0.3 is 6.09 Å². The van der Waals surface area contributed by atoms with E-state index in [4.69, 9.17) is 9.47 Å². The van der Waals surface area contributed by atoms with Gasteiger partial charge in [0.15, 0.2) is 5.78 Å². The molecule has 2 atom stereocenters. The number of rotatable bonds is 12. The summed E-state index contributed by atoms with van der Waals surface area (Å²) < 4.78 is 10.9. The number of ether oxygens (including phenoxy) is 2. The maximum absolute atomic E-state index is 13.2. The van der Waals surface area contributed by atoms with Crippen molar-refractivity contribution in [3.05, 3.63) is 35.9 Å². The van der Waals surface area contributed by atoms with E-state index in [1.807, 2.05) is 51.1 Å². The van der Waals surface area contributed by atoms with Gasteiger partial charge in [-0.25, -0.2) is 4.79 Å². The molecule has 1 saturated carbocycles. The van der Waals surface area contributed by atoms with Crippen LogP contribution in [0.25, 0.3) is 0 Å². The maximum Gasteiger partial charge on any atom is 0.411 e. The Hall–Kier alpha value is -2.41. The van der Waals surface area contributed by atoms with E-state index in [2.05, 4.69) is 5.32 Å². The first-order valence-electron chi connectivity index (χ1n) is 12.2. The zero-order chi connectivity index (χ0) is 24.2. The lowest BCUT2D eigenvalue weighted by Gasteiger charge is -2.37. The van der Waals surface area contributed by atoms with E-state index in [0.29, 0.717) is 13.0 Å². The quantitative estimate of drug-likeness (QED) is 0.497. The van der Waals surface area contributed by atoms with E-state index in [0.717, 1.165) is 37.7 Å². The lowest BCUT2D eigenvalue weighted by molar-refractivity contribution is -0.133. The highest BCUT2D eigenvalue weighted by Crippen LogP contribution is 2.25. The summed E-state index contributed by atoms with van der Waals surface area (Å²) in [5, 5.41) is 2.89. The molecule has 0 radical (unpaired) electrons. The van der Waals surface area contributed by atoms with E-state index >= 15 is 0 Å². The third kappa shape index (κ3) is 8.80. The number of ketones is 1. The van der Waals surface area contributed by atoms with Gasteiger partial charge < -0.3 is 14.8 Å². The van der Waals surface area contributed by atoms with E-state index < -0.39 is 18.2 Å². The van der Waals surface area contributed by atoms with Crippen molar-refractivity contribution >= 4 is 17.8 Å². The van der Waals surface area contributed by atoms with Crippen molar-refractivity contribution in [2.24, 2.45) is 5.92 Å². The fourth-order valence-electron chi connectivity index (χ4n) is 4.24. The predicted molar refractivity (Wildman–Crippen MR) is 128 cm³/mol. The Morgan fingerprint density at radius 2 is 1.73 bits per heavy atom. The Kier molecular flexibility index (Phi) is 11.4. The Morgan fingerprint density at radius 3 is 2.33 bits per heavy atom. The molecule has 1 N–H and O–H groups in total. The van der Waals surface area contributed by atoms with E-state index in [1.165, 1.54) is 0 Å². The number of nitrogens with one attached hydrogen (secondary N) is 1. The number of hydrogen-bond donors (Lipinski definition) is 1. The number of hydrogen-bond acceptors (Lipinski definition) is 5. The minimum Gasteiger partial charge on any atom is -0.445 e. The van der Waals surface area contributed by atoms with Crippen molar-refractivity contribution in [1.82, 2.24) is 10.2 Å². The first-order valence-corrected chi connectivity index (χ1v) is 12.2. The van der Waals surface area contributed by atoms with Crippen LogP contribution < -0.4 is 5.32 Å². The van der Waals surface area contributed by atoms with Crippen LogP contribution in [-0.4, -0.2) is 54.0 Å². The second kappa shape index (κ2) is 14.0. The molecule has 0 spiro atoms. The van der Waals surface area contributed by atoms with E-state index in [9.17, 15) is 14.4 Å². The second-order valence-corrected chi connectivity index (χ2v) is 9.21. The molecule has 0 saturated heterocycles. The largest absolute Gasteiger partial charge is 0.445 e. The monoisotopic (exact) mass is 460 g/mol. The third-order valence-corrected chi connectivity index (χ3v) is 6.04. The Balaban J connectivity index is 2.11. The predicted octanol–water partition coefficient (Wildman–Crippen LogP) is 4.48. The lowest BCUT2D eigenvalue weighted by atomic mass is 9.93. The van der Waals surface area contributed by atoms with Gasteiger partial charge in [-0.05, 0) is 44.6 Å². The average Bonchev–Trinajstić information content (AvgIpc) is 2.81. The SMILES string of the molecule is CCOCC(=O)[C@H](CC(C)C)NC(=O)[C@H](C)N(C(=O)OCc1ccccc1)C1CCCCC1. The van der Waals surface area contributed by atoms with Gasteiger partial charge in [-0.15, -0.1) is 0 Å². The smallest absolute Gasteiger partial charge is 0.411 e. The molecule has 0 unspecified atom stereocenters. The Morgan fingerprint density at radius 1 is 1.06 bits per heavy atom. The van der Waals surface area contributed by atoms with Crippen LogP contribution in [0.4, 0.5) is 4.79 Å². The zero-order valence-electron chi connectivity index (χ0n) is 20.5. The third-order valence-electron chi connectivity index (χ3n) is 6.04. The van der Waals surface area contributed by atoms with E-state index in [-0.39, 0.29) is 36.9 Å². The normalized spacial score (nSPS) is 16.2. The highest BCUT2D eigenvalue weighted by Gasteiger charge is 2.35. The number of amides is 2. The first-order chi connectivity index (χ1) is 15.8. The molecule has 1 fully saturated rings. The summed E-state index contributed by atoms with van der Waals surface area (Å²) in [5.41, 5.74) is 0.894. The summed E-state index contributed by atoms with van der Waals surface area (Å²) in [7, 11) is 0. The van der Waals surface area contributed by atoms with Gasteiger partial charge in [0.2, 0.25) is 5.91 Å². The topological polar surface area (TPSA) is 84.9 Å². The number of carbonyl (C=O) groups is 3. The van der Waals surface area contributed by atoms with Gasteiger partial charge in [-0.2, -0.15) is 0 Å². The first kappa shape index (κ1) is 26.8. The highest BCUT2D eigenvalue weighted by atomic mass is 16.6. The van der Waals surface area contributed by atoms with Crippen molar-refractivity contribution in [2.75, 3.05) is 13.2 Å². The summed E-state index contributed by atoms with van der Waals surface area (Å²) in [4.78, 5) is 40.6. The summed E-state index contributed by atoms with van der Waals surface area (Å²) in [6.45, 7) is 8.11. The van der Waals surface area contributed by atoms with Crippen molar-refractivity contribution in [3.8, 4) is 0 Å². The fourth-order valence-corrected chi connectivity index (χ4v) is 4.24. The molecule has 1 aliphatic carbocycles. The molecule has 0 heterocycles. The summed E-state index contributed by atoms with van der Waals surface area (Å²) in [5.74, 6) is -0.267. The van der Waals surface area contributed by atoms with Crippen LogP contribution in [0.3, 0.4) is 0 Å². The van der Waals surface area contributed by atoms with Crippen LogP contribution in [0.15, 0.2) is 30.3 Å². The number of Topliss-reactive ketones (excluding diaryl/α,β-unsaturated/α-hetero) is 1. The van der Waals surface area contributed by atoms with Crippen LogP contribution in [0.1, 0.15) is 71.8 Å². The molecule has 7 heteroatoms. The molecule has 7 nitrogen and oxygen atoms in total. The van der Waals surface area contributed by atoms with Crippen LogP contribution in [0.2, 0.25) is 0 Å². The zero-order valence-corrected chi connectivity index (χ0v) is 20.5. The van der Waals surface area contributed by atoms with Crippen molar-refractivity contribution in [2.45, 2.75) is 91.0 Å². The van der Waals surface area contributed by atoms with Crippen LogP contribution in [0, 0.1) is 5.92 Å². The van der Waals surface area contributed by atoms with Crippen LogP contribution in [-0.2, 0) is 25.7 Å². The molecule has 33 heavy (non-hydrogen) atoms. The molecule has 1 aliphatic rings. The summed E-state index contributed by atoms with van der Waals surface area (Å²) >= 11 is 0. The maximum atomic E-state index is 13.2. The van der Waals surface area contributed by atoms with Crippen LogP contribution >= 0.6 is 0 Å². The van der Waals surface area contributed by atoms with Crippen molar-refractivity contribution in [1.29, 1.82) is 0 Å². The average molecular weight is 461 g/mol. The van der Waals surface area contributed by atoms with Gasteiger partial charge in [0.1, 0.15) is 19.3 Å². The Bertz CT molecular complexity index is 746. The molecule has 2 amide bonds. The summed E-state index contributed by atoms with van der Waals surface area (Å²) in [6.07, 6.45) is 4.88. The van der Waals surface area contributed by atoms with Crippen LogP contribution in [0.5, 0.6) is 0 Å². The molecule has 2 rings (SSSR count). The van der Waals surface area contributed by atoms with Crippen molar-refractivity contribution < 1.29 is 23.9 Å². The molecule has 184 valence electrons. The number of nitrogens with zero attached hydrogens (tertiary/aromatic N) is 1. The second-order valence-electron chi connectivity index (χ2n) is 9.21. The molecule has 0 aliphatic heterocycles. The molecular weight excluding hydrogens is 420 g/mol. The highest BCUT2D eigenvalue weighted by molar-refractivity contribution is 5.92. The minimum atomic E-state index is -0.745. The standard InChI is InChI=1S/C26H40N2O5/c1-5-32-18-24(29)23(16-19(2)3)27-25(30)20(4)28(22-14-10-7-11-15-22)26(31)33-17-21-12-8-6-9-13-21/h6,8-9,12-13,19-20,22-23H,5,7,10-11,14-18H2,1-4H3,(H,27,30)/t20-,23-/m0/s1. The molecule has 1 aromatic carbocycles. The van der Waals surface area contributed by atoms with Gasteiger partial charge in [0.25, 0.3) is 0 Å². The minimum absolute atomic E-state index is 0.0337. The number of benzene rings is 1. The summed E-state index contributed by atoms with van der Waals surface area (Å²) in [6, 6.07) is 8.06. The fraction of sp³-hybridized carbons (Fsp3) is 0.654. The molecule has 0 bridgehead atoms. The van der Waals surface area contributed by atoms with Gasteiger partial charge in [0, 0.05) is 12.6 Å². The Labute approximate surface area is 198 Å². The van der Waals surface area contributed by atoms with E-state index in [1.54, 1.807) is 11.8 Å². The lowest BCUT2D eigenvalue weighted by Crippen LogP contribution is -2.56. The number of carbonyl (C=O) groups excluding carboxylic acids is 3. The van der Waals surface area contributed by atoms with Gasteiger partial charge in [-0.3, -0.25) is 14.5 Å². The van der Waals surface area contributed by atoms with Crippen molar-refractivity contribution in [3.63, 3.8) is 0 Å². The van der Waals surface area contributed by atoms with Gasteiger partial charge in [0.05, 0.1) is 6.04 Å². The van der Waals surface area contributed by atoms with Gasteiger partial charge in [-0.1, -0.05) is 63.4 Å². The molecule has 1 aromatic rings.